The van der Waals surface area contributed by atoms with Gasteiger partial charge in [0.25, 0.3) is 11.8 Å². The van der Waals surface area contributed by atoms with Gasteiger partial charge in [0.2, 0.25) is 0 Å². The van der Waals surface area contributed by atoms with Gasteiger partial charge in [0.15, 0.2) is 0 Å². The van der Waals surface area contributed by atoms with Crippen molar-refractivity contribution in [2.24, 2.45) is 0 Å². The van der Waals surface area contributed by atoms with E-state index in [0.29, 0.717) is 11.1 Å². The summed E-state index contributed by atoms with van der Waals surface area (Å²) in [6.45, 7) is 3.27. The van der Waals surface area contributed by atoms with Gasteiger partial charge in [-0.25, -0.2) is 9.59 Å². The van der Waals surface area contributed by atoms with Crippen LogP contribution >= 0.6 is 0 Å². The number of rotatable bonds is 10. The van der Waals surface area contributed by atoms with Gasteiger partial charge in [-0.2, -0.15) is 0 Å². The van der Waals surface area contributed by atoms with E-state index in [1.807, 2.05) is 0 Å². The molecule has 2 N–H and O–H groups in total. The summed E-state index contributed by atoms with van der Waals surface area (Å²) < 4.78 is 10.0. The van der Waals surface area contributed by atoms with Crippen LogP contribution in [0.1, 0.15) is 34.6 Å². The van der Waals surface area contributed by atoms with Crippen LogP contribution in [-0.4, -0.2) is 49.1 Å². The highest BCUT2D eigenvalue weighted by atomic mass is 16.5. The SMILES string of the molecule is C[C@H](COC(=O)/C=C/C(=O)OC[C@@H](C)NC(=O)c1ccccc1)NC(=O)c1ccccc1. The van der Waals surface area contributed by atoms with E-state index in [-0.39, 0.29) is 25.0 Å². The maximum atomic E-state index is 12.0. The Hall–Kier alpha value is -3.94. The van der Waals surface area contributed by atoms with Crippen LogP contribution in [0.15, 0.2) is 72.8 Å². The first-order valence-corrected chi connectivity index (χ1v) is 10.1. The molecular formula is C24H26N2O6. The molecule has 2 amide bonds. The van der Waals surface area contributed by atoms with E-state index in [1.54, 1.807) is 74.5 Å². The van der Waals surface area contributed by atoms with E-state index in [1.165, 1.54) is 0 Å². The minimum Gasteiger partial charge on any atom is -0.460 e. The maximum absolute atomic E-state index is 12.0. The number of carbonyl (C=O) groups is 4. The quantitative estimate of drug-likeness (QED) is 0.435. The maximum Gasteiger partial charge on any atom is 0.331 e. The van der Waals surface area contributed by atoms with Crippen molar-refractivity contribution in [3.8, 4) is 0 Å². The van der Waals surface area contributed by atoms with Crippen molar-refractivity contribution in [1.29, 1.82) is 0 Å². The molecule has 0 saturated heterocycles. The number of benzene rings is 2. The van der Waals surface area contributed by atoms with E-state index in [0.717, 1.165) is 12.2 Å². The fraction of sp³-hybridized carbons (Fsp3) is 0.250. The lowest BCUT2D eigenvalue weighted by molar-refractivity contribution is -0.141. The predicted molar refractivity (Wildman–Crippen MR) is 118 cm³/mol. The number of nitrogens with one attached hydrogen (secondary N) is 2. The van der Waals surface area contributed by atoms with Crippen LogP contribution in [0, 0.1) is 0 Å². The van der Waals surface area contributed by atoms with Crippen molar-refractivity contribution in [3.63, 3.8) is 0 Å². The van der Waals surface area contributed by atoms with Gasteiger partial charge in [0.05, 0.1) is 12.1 Å². The summed E-state index contributed by atoms with van der Waals surface area (Å²) in [5.74, 6) is -2.04. The van der Waals surface area contributed by atoms with Gasteiger partial charge in [-0.1, -0.05) is 36.4 Å². The number of ether oxygens (including phenoxy) is 2. The second kappa shape index (κ2) is 12.7. The highest BCUT2D eigenvalue weighted by molar-refractivity contribution is 5.95. The zero-order valence-corrected chi connectivity index (χ0v) is 17.9. The predicted octanol–water partition coefficient (Wildman–Crippen LogP) is 2.27. The molecule has 0 aliphatic carbocycles. The van der Waals surface area contributed by atoms with E-state index in [2.05, 4.69) is 10.6 Å². The summed E-state index contributed by atoms with van der Waals surface area (Å²) in [7, 11) is 0. The molecule has 2 atom stereocenters. The summed E-state index contributed by atoms with van der Waals surface area (Å²) in [5, 5.41) is 5.42. The van der Waals surface area contributed by atoms with E-state index in [4.69, 9.17) is 9.47 Å². The number of hydrogen-bond donors (Lipinski definition) is 2. The molecule has 2 aromatic rings. The molecule has 0 unspecified atom stereocenters. The Morgan fingerprint density at radius 2 is 1.03 bits per heavy atom. The summed E-state index contributed by atoms with van der Waals surface area (Å²) in [5.41, 5.74) is 1.00. The Labute approximate surface area is 186 Å². The molecule has 0 aliphatic rings. The standard InChI is InChI=1S/C24H26N2O6/c1-17(25-23(29)19-9-5-3-6-10-19)15-31-21(27)13-14-22(28)32-16-18(2)26-24(30)20-11-7-4-8-12-20/h3-14,17-18H,15-16H2,1-2H3,(H,25,29)(H,26,30)/b14-13+/t17-,18-/m1/s1. The highest BCUT2D eigenvalue weighted by Gasteiger charge is 2.12. The first-order chi connectivity index (χ1) is 15.3. The Bertz CT molecular complexity index is 866. The first-order valence-electron chi connectivity index (χ1n) is 10.1. The second-order valence-corrected chi connectivity index (χ2v) is 7.07. The Morgan fingerprint density at radius 1 is 0.688 bits per heavy atom. The van der Waals surface area contributed by atoms with E-state index < -0.39 is 24.0 Å². The molecule has 2 aromatic carbocycles. The molecule has 2 rings (SSSR count). The fourth-order valence-corrected chi connectivity index (χ4v) is 2.52. The van der Waals surface area contributed by atoms with Crippen molar-refractivity contribution >= 4 is 23.8 Å². The van der Waals surface area contributed by atoms with Crippen molar-refractivity contribution in [3.05, 3.63) is 83.9 Å². The molecule has 0 heterocycles. The third-order valence-electron chi connectivity index (χ3n) is 4.13. The molecule has 32 heavy (non-hydrogen) atoms. The third kappa shape index (κ3) is 8.83. The van der Waals surface area contributed by atoms with Gasteiger partial charge in [-0.15, -0.1) is 0 Å². The van der Waals surface area contributed by atoms with Gasteiger partial charge >= 0.3 is 11.9 Å². The lowest BCUT2D eigenvalue weighted by Crippen LogP contribution is -2.36. The third-order valence-corrected chi connectivity index (χ3v) is 4.13. The molecule has 0 radical (unpaired) electrons. The van der Waals surface area contributed by atoms with E-state index >= 15 is 0 Å². The van der Waals surface area contributed by atoms with Crippen molar-refractivity contribution in [2.75, 3.05) is 13.2 Å². The normalized spacial score (nSPS) is 12.4. The van der Waals surface area contributed by atoms with Crippen LogP contribution in [0.4, 0.5) is 0 Å². The molecule has 0 aliphatic heterocycles. The Morgan fingerprint density at radius 3 is 1.38 bits per heavy atom. The van der Waals surface area contributed by atoms with Gasteiger partial charge in [0.1, 0.15) is 13.2 Å². The van der Waals surface area contributed by atoms with E-state index in [9.17, 15) is 19.2 Å². The van der Waals surface area contributed by atoms with Crippen molar-refractivity contribution < 1.29 is 28.7 Å². The molecule has 0 spiro atoms. The summed E-state index contributed by atoms with van der Waals surface area (Å²) in [6, 6.07) is 16.5. The molecule has 168 valence electrons. The van der Waals surface area contributed by atoms with Gasteiger partial charge in [0, 0.05) is 23.3 Å². The average molecular weight is 438 g/mol. The lowest BCUT2D eigenvalue weighted by Gasteiger charge is -2.14. The topological polar surface area (TPSA) is 111 Å². The minimum atomic E-state index is -0.742. The molecular weight excluding hydrogens is 412 g/mol. The first kappa shape index (κ1) is 24.3. The number of hydrogen-bond acceptors (Lipinski definition) is 6. The van der Waals surface area contributed by atoms with Gasteiger partial charge in [-0.3, -0.25) is 9.59 Å². The summed E-state index contributed by atoms with van der Waals surface area (Å²) in [6.07, 6.45) is 1.89. The van der Waals surface area contributed by atoms with Crippen LogP contribution in [0.2, 0.25) is 0 Å². The van der Waals surface area contributed by atoms with Gasteiger partial charge < -0.3 is 20.1 Å². The fourth-order valence-electron chi connectivity index (χ4n) is 2.52. The molecule has 8 heteroatoms. The zero-order valence-electron chi connectivity index (χ0n) is 17.9. The summed E-state index contributed by atoms with van der Waals surface area (Å²) in [4.78, 5) is 47.6. The number of amides is 2. The number of esters is 2. The molecule has 8 nitrogen and oxygen atoms in total. The largest absolute Gasteiger partial charge is 0.460 e. The summed E-state index contributed by atoms with van der Waals surface area (Å²) >= 11 is 0. The molecule has 0 aromatic heterocycles. The zero-order chi connectivity index (χ0) is 23.3. The smallest absolute Gasteiger partial charge is 0.331 e. The van der Waals surface area contributed by atoms with Crippen molar-refractivity contribution in [2.45, 2.75) is 25.9 Å². The highest BCUT2D eigenvalue weighted by Crippen LogP contribution is 2.00. The average Bonchev–Trinajstić information content (AvgIpc) is 2.81. The molecule has 0 fully saturated rings. The Balaban J connectivity index is 1.65. The monoisotopic (exact) mass is 438 g/mol. The van der Waals surface area contributed by atoms with Crippen LogP contribution in [0.5, 0.6) is 0 Å². The van der Waals surface area contributed by atoms with Crippen molar-refractivity contribution in [1.82, 2.24) is 10.6 Å². The van der Waals surface area contributed by atoms with Crippen LogP contribution in [-0.2, 0) is 19.1 Å². The van der Waals surface area contributed by atoms with Gasteiger partial charge in [-0.05, 0) is 38.1 Å². The number of carbonyl (C=O) groups excluding carboxylic acids is 4. The Kier molecular flexibility index (Phi) is 9.65. The molecule has 0 saturated carbocycles. The minimum absolute atomic E-state index is 0.0562. The lowest BCUT2D eigenvalue weighted by atomic mass is 10.2. The van der Waals surface area contributed by atoms with Crippen LogP contribution < -0.4 is 10.6 Å². The second-order valence-electron chi connectivity index (χ2n) is 7.07. The molecule has 0 bridgehead atoms. The van der Waals surface area contributed by atoms with Crippen LogP contribution in [0.3, 0.4) is 0 Å². The van der Waals surface area contributed by atoms with Crippen LogP contribution in [0.25, 0.3) is 0 Å².